The number of anilines is 2. The first-order valence-electron chi connectivity index (χ1n) is 7.65. The molecule has 1 saturated heterocycles. The van der Waals surface area contributed by atoms with Gasteiger partial charge in [0.25, 0.3) is 10.0 Å². The highest BCUT2D eigenvalue weighted by Gasteiger charge is 2.20. The minimum Gasteiger partial charge on any atom is -0.375 e. The lowest BCUT2D eigenvalue weighted by molar-refractivity contribution is 0.0529. The normalized spacial score (nSPS) is 18.2. The maximum Gasteiger partial charge on any atom is 0.263 e. The molecular formula is C16H17F2N3O3S. The van der Waals surface area contributed by atoms with Crippen LogP contribution in [0.15, 0.2) is 41.4 Å². The van der Waals surface area contributed by atoms with E-state index in [1.165, 1.54) is 12.3 Å². The standard InChI is InChI=1S/C16H17F2N3O3S/c1-11-10-21(4-5-24-11)16-3-2-15(9-19-16)25(22,23)20-14-7-12(17)6-13(18)8-14/h2-3,6-9,11,20H,4-5,10H2,1H3. The molecule has 9 heteroatoms. The van der Waals surface area contributed by atoms with E-state index in [9.17, 15) is 17.2 Å². The molecule has 1 aromatic heterocycles. The highest BCUT2D eigenvalue weighted by atomic mass is 32.2. The van der Waals surface area contributed by atoms with Crippen LogP contribution in [0.1, 0.15) is 6.92 Å². The van der Waals surface area contributed by atoms with Gasteiger partial charge in [-0.25, -0.2) is 22.2 Å². The molecule has 1 atom stereocenters. The lowest BCUT2D eigenvalue weighted by Gasteiger charge is -2.32. The third-order valence-electron chi connectivity index (χ3n) is 3.71. The quantitative estimate of drug-likeness (QED) is 0.896. The van der Waals surface area contributed by atoms with Gasteiger partial charge in [0.1, 0.15) is 22.3 Å². The fraction of sp³-hybridized carbons (Fsp3) is 0.312. The van der Waals surface area contributed by atoms with Gasteiger partial charge in [0, 0.05) is 25.4 Å². The molecule has 3 rings (SSSR count). The van der Waals surface area contributed by atoms with Crippen LogP contribution in [-0.4, -0.2) is 39.2 Å². The smallest absolute Gasteiger partial charge is 0.263 e. The van der Waals surface area contributed by atoms with Crippen LogP contribution in [0.2, 0.25) is 0 Å². The summed E-state index contributed by atoms with van der Waals surface area (Å²) < 4.78 is 58.7. The molecule has 1 aromatic carbocycles. The van der Waals surface area contributed by atoms with Crippen molar-refractivity contribution in [1.82, 2.24) is 4.98 Å². The number of ether oxygens (including phenoxy) is 1. The maximum absolute atomic E-state index is 13.2. The molecular weight excluding hydrogens is 352 g/mol. The molecule has 0 bridgehead atoms. The van der Waals surface area contributed by atoms with E-state index in [0.717, 1.165) is 12.1 Å². The zero-order chi connectivity index (χ0) is 18.0. The molecule has 1 N–H and O–H groups in total. The van der Waals surface area contributed by atoms with E-state index in [2.05, 4.69) is 9.71 Å². The fourth-order valence-electron chi connectivity index (χ4n) is 2.57. The van der Waals surface area contributed by atoms with Crippen molar-refractivity contribution in [2.75, 3.05) is 29.3 Å². The number of rotatable bonds is 4. The molecule has 0 aliphatic carbocycles. The Hall–Kier alpha value is -2.26. The van der Waals surface area contributed by atoms with Crippen molar-refractivity contribution >= 4 is 21.5 Å². The number of hydrogen-bond donors (Lipinski definition) is 1. The first-order chi connectivity index (χ1) is 11.8. The fourth-order valence-corrected chi connectivity index (χ4v) is 3.56. The zero-order valence-electron chi connectivity index (χ0n) is 13.4. The summed E-state index contributed by atoms with van der Waals surface area (Å²) in [5.74, 6) is -1.09. The SMILES string of the molecule is CC1CN(c2ccc(S(=O)(=O)Nc3cc(F)cc(F)c3)cn2)CCO1. The Bertz CT molecular complexity index is 839. The molecule has 2 heterocycles. The van der Waals surface area contributed by atoms with E-state index in [-0.39, 0.29) is 16.7 Å². The molecule has 0 spiro atoms. The summed E-state index contributed by atoms with van der Waals surface area (Å²) in [6.45, 7) is 3.87. The van der Waals surface area contributed by atoms with E-state index in [0.29, 0.717) is 31.6 Å². The number of morpholine rings is 1. The summed E-state index contributed by atoms with van der Waals surface area (Å²) in [5, 5.41) is 0. The minimum atomic E-state index is -3.99. The molecule has 1 aliphatic rings. The topological polar surface area (TPSA) is 71.5 Å². The summed E-state index contributed by atoms with van der Waals surface area (Å²) >= 11 is 0. The number of halogens is 2. The molecule has 6 nitrogen and oxygen atoms in total. The van der Waals surface area contributed by atoms with Crippen LogP contribution in [0.25, 0.3) is 0 Å². The Kier molecular flexibility index (Phi) is 4.87. The molecule has 25 heavy (non-hydrogen) atoms. The average Bonchev–Trinajstić information content (AvgIpc) is 2.53. The van der Waals surface area contributed by atoms with Crippen molar-refractivity contribution in [3.8, 4) is 0 Å². The van der Waals surface area contributed by atoms with Crippen molar-refractivity contribution in [2.45, 2.75) is 17.9 Å². The zero-order valence-corrected chi connectivity index (χ0v) is 14.3. The van der Waals surface area contributed by atoms with Gasteiger partial charge >= 0.3 is 0 Å². The number of hydrogen-bond acceptors (Lipinski definition) is 5. The second-order valence-corrected chi connectivity index (χ2v) is 7.43. The van der Waals surface area contributed by atoms with Gasteiger partial charge in [0.05, 0.1) is 18.4 Å². The summed E-state index contributed by atoms with van der Waals surface area (Å²) in [6, 6.07) is 5.46. The second-order valence-electron chi connectivity index (χ2n) is 5.74. The van der Waals surface area contributed by atoms with Crippen molar-refractivity contribution in [3.05, 3.63) is 48.2 Å². The van der Waals surface area contributed by atoms with Gasteiger partial charge in [-0.1, -0.05) is 0 Å². The van der Waals surface area contributed by atoms with Crippen molar-refractivity contribution in [3.63, 3.8) is 0 Å². The Morgan fingerprint density at radius 2 is 1.96 bits per heavy atom. The van der Waals surface area contributed by atoms with Gasteiger partial charge in [0.15, 0.2) is 0 Å². The highest BCUT2D eigenvalue weighted by molar-refractivity contribution is 7.92. The molecule has 1 unspecified atom stereocenters. The third kappa shape index (κ3) is 4.23. The van der Waals surface area contributed by atoms with E-state index in [1.54, 1.807) is 6.07 Å². The van der Waals surface area contributed by atoms with Crippen LogP contribution in [0.4, 0.5) is 20.3 Å². The lowest BCUT2D eigenvalue weighted by atomic mass is 10.3. The highest BCUT2D eigenvalue weighted by Crippen LogP contribution is 2.20. The van der Waals surface area contributed by atoms with E-state index in [4.69, 9.17) is 4.74 Å². The predicted octanol–water partition coefficient (Wildman–Crippen LogP) is 2.39. The van der Waals surface area contributed by atoms with Crippen molar-refractivity contribution < 1.29 is 21.9 Å². The maximum atomic E-state index is 13.2. The largest absolute Gasteiger partial charge is 0.375 e. The first kappa shape index (κ1) is 17.6. The Labute approximate surface area is 144 Å². The summed E-state index contributed by atoms with van der Waals surface area (Å²) in [7, 11) is -3.99. The molecule has 134 valence electrons. The summed E-state index contributed by atoms with van der Waals surface area (Å²) in [5.41, 5.74) is -0.191. The number of aromatic nitrogens is 1. The second kappa shape index (κ2) is 6.93. The molecule has 0 amide bonds. The Morgan fingerprint density at radius 3 is 2.56 bits per heavy atom. The van der Waals surface area contributed by atoms with Crippen molar-refractivity contribution in [1.29, 1.82) is 0 Å². The van der Waals surface area contributed by atoms with Gasteiger partial charge in [-0.2, -0.15) is 0 Å². The van der Waals surface area contributed by atoms with Crippen LogP contribution in [0.5, 0.6) is 0 Å². The van der Waals surface area contributed by atoms with E-state index < -0.39 is 21.7 Å². The van der Waals surface area contributed by atoms with E-state index >= 15 is 0 Å². The summed E-state index contributed by atoms with van der Waals surface area (Å²) in [4.78, 5) is 6.09. The summed E-state index contributed by atoms with van der Waals surface area (Å²) in [6.07, 6.45) is 1.29. The Morgan fingerprint density at radius 1 is 1.24 bits per heavy atom. The average molecular weight is 369 g/mol. The van der Waals surface area contributed by atoms with Crippen molar-refractivity contribution in [2.24, 2.45) is 0 Å². The number of benzene rings is 1. The molecule has 1 aliphatic heterocycles. The number of nitrogens with one attached hydrogen (secondary N) is 1. The van der Waals surface area contributed by atoms with E-state index in [1.807, 2.05) is 11.8 Å². The van der Waals surface area contributed by atoms with Gasteiger partial charge < -0.3 is 9.64 Å². The predicted molar refractivity (Wildman–Crippen MR) is 89.0 cm³/mol. The number of sulfonamides is 1. The number of nitrogens with zero attached hydrogens (tertiary/aromatic N) is 2. The van der Waals surface area contributed by atoms with Crippen LogP contribution in [0, 0.1) is 11.6 Å². The van der Waals surface area contributed by atoms with Crippen LogP contribution in [-0.2, 0) is 14.8 Å². The Balaban J connectivity index is 1.78. The third-order valence-corrected chi connectivity index (χ3v) is 5.08. The minimum absolute atomic E-state index is 0.0727. The molecule has 0 radical (unpaired) electrons. The first-order valence-corrected chi connectivity index (χ1v) is 9.13. The van der Waals surface area contributed by atoms with Gasteiger partial charge in [-0.05, 0) is 31.2 Å². The van der Waals surface area contributed by atoms with Crippen LogP contribution >= 0.6 is 0 Å². The van der Waals surface area contributed by atoms with Gasteiger partial charge in [0.2, 0.25) is 0 Å². The number of pyridine rings is 1. The van der Waals surface area contributed by atoms with Gasteiger partial charge in [-0.3, -0.25) is 4.72 Å². The molecule has 2 aromatic rings. The lowest BCUT2D eigenvalue weighted by Crippen LogP contribution is -2.41. The van der Waals surface area contributed by atoms with Crippen LogP contribution < -0.4 is 9.62 Å². The van der Waals surface area contributed by atoms with Gasteiger partial charge in [-0.15, -0.1) is 0 Å². The van der Waals surface area contributed by atoms with Crippen LogP contribution in [0.3, 0.4) is 0 Å². The molecule has 1 fully saturated rings. The molecule has 0 saturated carbocycles. The monoisotopic (exact) mass is 369 g/mol.